The van der Waals surface area contributed by atoms with E-state index in [0.29, 0.717) is 10.1 Å². The largest absolute Gasteiger partial charge is 0.378 e. The van der Waals surface area contributed by atoms with Gasteiger partial charge in [0.2, 0.25) is 11.6 Å². The van der Waals surface area contributed by atoms with Gasteiger partial charge in [0.1, 0.15) is 4.88 Å². The molecule has 22 heavy (non-hydrogen) atoms. The molecule has 2 heterocycles. The third-order valence-corrected chi connectivity index (χ3v) is 4.43. The number of non-ortho nitro benzene ring substituents is 1. The van der Waals surface area contributed by atoms with Crippen molar-refractivity contribution < 1.29 is 14.3 Å². The molecule has 0 saturated carbocycles. The summed E-state index contributed by atoms with van der Waals surface area (Å²) in [6.45, 7) is 0. The second-order valence-corrected chi connectivity index (χ2v) is 5.57. The molecule has 3 N–H and O–H groups in total. The first-order valence-electron chi connectivity index (χ1n) is 5.73. The van der Waals surface area contributed by atoms with Crippen LogP contribution in [0, 0.1) is 10.1 Å². The molecule has 0 aliphatic heterocycles. The number of hydrogen-bond donors (Lipinski definition) is 2. The van der Waals surface area contributed by atoms with Crippen LogP contribution in [-0.2, 0) is 0 Å². The lowest BCUT2D eigenvalue weighted by atomic mass is 10.2. The van der Waals surface area contributed by atoms with Crippen LogP contribution in [0.15, 0.2) is 22.8 Å². The van der Waals surface area contributed by atoms with E-state index in [1.54, 1.807) is 0 Å². The van der Waals surface area contributed by atoms with E-state index in [4.69, 9.17) is 17.3 Å². The number of nitro benzene ring substituents is 1. The lowest BCUT2D eigenvalue weighted by Crippen LogP contribution is -2.12. The Hall–Kier alpha value is -2.72. The monoisotopic (exact) mass is 339 g/mol. The maximum atomic E-state index is 12.2. The number of halogens is 1. The van der Waals surface area contributed by atoms with Crippen LogP contribution >= 0.6 is 22.9 Å². The predicted molar refractivity (Wildman–Crippen MR) is 80.2 cm³/mol. The summed E-state index contributed by atoms with van der Waals surface area (Å²) in [6, 6.07) is 4.17. The van der Waals surface area contributed by atoms with Crippen LogP contribution in [0.3, 0.4) is 0 Å². The summed E-state index contributed by atoms with van der Waals surface area (Å²) in [5, 5.41) is 20.7. The van der Waals surface area contributed by atoms with Crippen LogP contribution in [0.2, 0.25) is 5.02 Å². The second-order valence-electron chi connectivity index (χ2n) is 4.13. The average Bonchev–Trinajstić information content (AvgIpc) is 3.03. The molecule has 0 aliphatic carbocycles. The van der Waals surface area contributed by atoms with Crippen LogP contribution in [0.1, 0.15) is 9.67 Å². The summed E-state index contributed by atoms with van der Waals surface area (Å²) >= 11 is 7.18. The van der Waals surface area contributed by atoms with Gasteiger partial charge in [-0.1, -0.05) is 11.6 Å². The van der Waals surface area contributed by atoms with Gasteiger partial charge in [-0.25, -0.2) is 4.63 Å². The van der Waals surface area contributed by atoms with E-state index in [-0.39, 0.29) is 27.2 Å². The van der Waals surface area contributed by atoms with Crippen molar-refractivity contribution in [2.24, 2.45) is 0 Å². The fraction of sp³-hybridized carbons (Fsp3) is 0. The quantitative estimate of drug-likeness (QED) is 0.552. The first-order valence-corrected chi connectivity index (χ1v) is 6.92. The number of rotatable bonds is 3. The van der Waals surface area contributed by atoms with Crippen molar-refractivity contribution >= 4 is 56.3 Å². The molecule has 0 aliphatic rings. The number of benzene rings is 1. The van der Waals surface area contributed by atoms with Crippen molar-refractivity contribution in [2.45, 2.75) is 0 Å². The molecule has 11 heteroatoms. The summed E-state index contributed by atoms with van der Waals surface area (Å²) in [5.41, 5.74) is 5.37. The van der Waals surface area contributed by atoms with E-state index < -0.39 is 10.8 Å². The summed E-state index contributed by atoms with van der Waals surface area (Å²) < 4.78 is 4.89. The number of carbonyl (C=O) groups is 1. The second kappa shape index (κ2) is 5.24. The van der Waals surface area contributed by atoms with Gasteiger partial charge < -0.3 is 5.73 Å². The van der Waals surface area contributed by atoms with Crippen molar-refractivity contribution in [3.63, 3.8) is 0 Å². The van der Waals surface area contributed by atoms with Gasteiger partial charge in [0, 0.05) is 22.2 Å². The maximum Gasteiger partial charge on any atom is 0.270 e. The molecule has 0 atom stereocenters. The number of nitrogen functional groups attached to an aromatic ring is 1. The number of nitrogens with zero attached hydrogens (tertiary/aromatic N) is 3. The number of nitro groups is 1. The van der Waals surface area contributed by atoms with Crippen molar-refractivity contribution in [3.8, 4) is 0 Å². The van der Waals surface area contributed by atoms with E-state index in [1.165, 1.54) is 18.2 Å². The molecule has 112 valence electrons. The molecule has 0 radical (unpaired) electrons. The number of nitrogens with two attached hydrogens (primary N) is 1. The molecular formula is C11H6ClN5O4S. The first-order chi connectivity index (χ1) is 10.5. The third kappa shape index (κ3) is 2.34. The molecule has 1 aromatic carbocycles. The van der Waals surface area contributed by atoms with Gasteiger partial charge in [-0.2, -0.15) is 0 Å². The lowest BCUT2D eigenvalue weighted by molar-refractivity contribution is -0.384. The van der Waals surface area contributed by atoms with Gasteiger partial charge in [0.15, 0.2) is 0 Å². The molecule has 3 aromatic rings. The Kier molecular flexibility index (Phi) is 3.39. The normalized spacial score (nSPS) is 10.8. The van der Waals surface area contributed by atoms with Crippen molar-refractivity contribution in [3.05, 3.63) is 38.2 Å². The Morgan fingerprint density at radius 2 is 2.23 bits per heavy atom. The van der Waals surface area contributed by atoms with E-state index in [9.17, 15) is 14.9 Å². The number of anilines is 2. The van der Waals surface area contributed by atoms with Gasteiger partial charge in [0.25, 0.3) is 11.6 Å². The van der Waals surface area contributed by atoms with Gasteiger partial charge >= 0.3 is 0 Å². The zero-order valence-electron chi connectivity index (χ0n) is 10.6. The Balaban J connectivity index is 2.00. The maximum absolute atomic E-state index is 12.2. The van der Waals surface area contributed by atoms with Crippen LogP contribution in [-0.4, -0.2) is 21.1 Å². The number of nitrogens with one attached hydrogen (secondary N) is 1. The molecule has 1 amide bonds. The Morgan fingerprint density at radius 3 is 2.86 bits per heavy atom. The van der Waals surface area contributed by atoms with E-state index in [0.717, 1.165) is 11.3 Å². The Labute approximate surface area is 130 Å². The van der Waals surface area contributed by atoms with E-state index >= 15 is 0 Å². The van der Waals surface area contributed by atoms with Crippen molar-refractivity contribution in [1.29, 1.82) is 0 Å². The standard InChI is InChI=1S/C11H6ClN5O4S/c12-7-5-2-1-4(17(19)20)3-6(5)22-8(7)11(18)14-10-9(13)15-21-16-10/h1-3H,(H2,13,15)(H,14,16,18). The van der Waals surface area contributed by atoms with E-state index in [2.05, 4.69) is 20.3 Å². The first kappa shape index (κ1) is 14.2. The molecule has 0 unspecified atom stereocenters. The highest BCUT2D eigenvalue weighted by Gasteiger charge is 2.21. The summed E-state index contributed by atoms with van der Waals surface area (Å²) in [4.78, 5) is 22.6. The molecule has 2 aromatic heterocycles. The fourth-order valence-electron chi connectivity index (χ4n) is 1.76. The third-order valence-electron chi connectivity index (χ3n) is 2.78. The molecule has 3 rings (SSSR count). The Morgan fingerprint density at radius 1 is 1.45 bits per heavy atom. The lowest BCUT2D eigenvalue weighted by Gasteiger charge is -1.98. The summed E-state index contributed by atoms with van der Waals surface area (Å²) in [5.74, 6) is -0.651. The fourth-order valence-corrected chi connectivity index (χ4v) is 3.21. The highest BCUT2D eigenvalue weighted by molar-refractivity contribution is 7.21. The minimum Gasteiger partial charge on any atom is -0.378 e. The number of thiophene rings is 1. The molecule has 0 saturated heterocycles. The smallest absolute Gasteiger partial charge is 0.270 e. The predicted octanol–water partition coefficient (Wildman–Crippen LogP) is 2.68. The van der Waals surface area contributed by atoms with Crippen LogP contribution in [0.4, 0.5) is 17.3 Å². The topological polar surface area (TPSA) is 137 Å². The van der Waals surface area contributed by atoms with Crippen LogP contribution < -0.4 is 11.1 Å². The number of carbonyl (C=O) groups excluding carboxylic acids is 1. The van der Waals surface area contributed by atoms with E-state index in [1.807, 2.05) is 0 Å². The molecule has 9 nitrogen and oxygen atoms in total. The zero-order chi connectivity index (χ0) is 15.9. The van der Waals surface area contributed by atoms with Crippen LogP contribution in [0.5, 0.6) is 0 Å². The summed E-state index contributed by atoms with van der Waals surface area (Å²) in [7, 11) is 0. The van der Waals surface area contributed by atoms with Crippen molar-refractivity contribution in [2.75, 3.05) is 11.1 Å². The molecule has 0 spiro atoms. The molecular weight excluding hydrogens is 334 g/mol. The SMILES string of the molecule is Nc1nonc1NC(=O)c1sc2cc([N+](=O)[O-])ccc2c1Cl. The molecule has 0 fully saturated rings. The number of fused-ring (bicyclic) bond motifs is 1. The average molecular weight is 340 g/mol. The number of amides is 1. The highest BCUT2D eigenvalue weighted by atomic mass is 35.5. The zero-order valence-corrected chi connectivity index (χ0v) is 12.1. The van der Waals surface area contributed by atoms with Gasteiger partial charge in [0.05, 0.1) is 9.95 Å². The minimum absolute atomic E-state index is 0.0236. The Bertz CT molecular complexity index is 905. The molecule has 0 bridgehead atoms. The minimum atomic E-state index is -0.559. The van der Waals surface area contributed by atoms with Gasteiger partial charge in [-0.05, 0) is 16.4 Å². The summed E-state index contributed by atoms with van der Waals surface area (Å²) in [6.07, 6.45) is 0. The van der Waals surface area contributed by atoms with Crippen molar-refractivity contribution in [1.82, 2.24) is 10.3 Å². The van der Waals surface area contributed by atoms with Gasteiger partial charge in [-0.15, -0.1) is 11.3 Å². The van der Waals surface area contributed by atoms with Crippen LogP contribution in [0.25, 0.3) is 10.1 Å². The number of hydrogen-bond acceptors (Lipinski definition) is 8. The number of aromatic nitrogens is 2. The van der Waals surface area contributed by atoms with Gasteiger partial charge in [-0.3, -0.25) is 20.2 Å². The highest BCUT2D eigenvalue weighted by Crippen LogP contribution is 2.37.